The van der Waals surface area contributed by atoms with Crippen molar-refractivity contribution in [3.8, 4) is 0 Å². The molecule has 0 unspecified atom stereocenters. The molecular weight excluding hydrogens is 232 g/mol. The maximum Gasteiger partial charge on any atom is 0.310 e. The summed E-state index contributed by atoms with van der Waals surface area (Å²) in [5, 5.41) is 0. The Balaban J connectivity index is 2.16. The Hall–Kier alpha value is -1.06. The van der Waals surface area contributed by atoms with Gasteiger partial charge in [0.1, 0.15) is 0 Å². The number of fused-ring (bicyclic) bond motifs is 3. The smallest absolute Gasteiger partial charge is 0.310 e. The Bertz CT molecular complexity index is 286. The van der Waals surface area contributed by atoms with Gasteiger partial charge in [-0.05, 0) is 51.4 Å². The van der Waals surface area contributed by atoms with Gasteiger partial charge >= 0.3 is 11.9 Å². The van der Waals surface area contributed by atoms with Gasteiger partial charge in [-0.1, -0.05) is 0 Å². The fourth-order valence-electron chi connectivity index (χ4n) is 3.60. The zero-order valence-electron chi connectivity index (χ0n) is 11.2. The summed E-state index contributed by atoms with van der Waals surface area (Å²) in [4.78, 5) is 24.2. The van der Waals surface area contributed by atoms with Gasteiger partial charge in [0, 0.05) is 0 Å². The molecule has 0 aromatic rings. The fraction of sp³-hybridized carbons (Fsp3) is 0.857. The van der Waals surface area contributed by atoms with E-state index in [9.17, 15) is 9.59 Å². The molecule has 3 saturated carbocycles. The van der Waals surface area contributed by atoms with Gasteiger partial charge in [0.2, 0.25) is 0 Å². The highest BCUT2D eigenvalue weighted by Gasteiger charge is 2.51. The van der Waals surface area contributed by atoms with Crippen molar-refractivity contribution in [1.82, 2.24) is 0 Å². The second-order valence-electron chi connectivity index (χ2n) is 5.23. The second kappa shape index (κ2) is 5.72. The molecule has 0 aromatic heterocycles. The minimum atomic E-state index is -0.267. The predicted molar refractivity (Wildman–Crippen MR) is 65.7 cm³/mol. The summed E-state index contributed by atoms with van der Waals surface area (Å²) in [6, 6.07) is 0. The van der Waals surface area contributed by atoms with Crippen LogP contribution in [0.4, 0.5) is 0 Å². The van der Waals surface area contributed by atoms with Crippen molar-refractivity contribution >= 4 is 11.9 Å². The summed E-state index contributed by atoms with van der Waals surface area (Å²) in [6.45, 7) is 4.36. The number of esters is 2. The van der Waals surface area contributed by atoms with Crippen LogP contribution in [0.1, 0.15) is 39.5 Å². The van der Waals surface area contributed by atoms with E-state index in [0.29, 0.717) is 25.0 Å². The number of carbonyl (C=O) groups excluding carboxylic acids is 2. The van der Waals surface area contributed by atoms with Crippen molar-refractivity contribution in [2.24, 2.45) is 23.7 Å². The summed E-state index contributed by atoms with van der Waals surface area (Å²) >= 11 is 0. The molecule has 0 saturated heterocycles. The highest BCUT2D eigenvalue weighted by molar-refractivity contribution is 5.83. The normalized spacial score (nSPS) is 34.1. The SMILES string of the molecule is CCOC(=O)[C@@H]1C2CCC(CC2)[C@H]1C(=O)OCC. The van der Waals surface area contributed by atoms with Crippen molar-refractivity contribution in [3.63, 3.8) is 0 Å². The molecule has 3 rings (SSSR count). The van der Waals surface area contributed by atoms with E-state index in [1.54, 1.807) is 13.8 Å². The molecular formula is C14H22O4. The molecule has 4 heteroatoms. The standard InChI is InChI=1S/C14H22O4/c1-3-17-13(15)11-9-5-7-10(8-6-9)12(11)14(16)18-4-2/h9-12H,3-8H2,1-2H3/t9?,10?,11-,12-/m1/s1. The quantitative estimate of drug-likeness (QED) is 0.721. The highest BCUT2D eigenvalue weighted by Crippen LogP contribution is 2.49. The summed E-state index contributed by atoms with van der Waals surface area (Å²) in [5.41, 5.74) is 0. The molecule has 0 N–H and O–H groups in total. The molecule has 18 heavy (non-hydrogen) atoms. The third-order valence-corrected chi connectivity index (χ3v) is 4.34. The van der Waals surface area contributed by atoms with Crippen molar-refractivity contribution < 1.29 is 19.1 Å². The van der Waals surface area contributed by atoms with Crippen LogP contribution < -0.4 is 0 Å². The molecule has 2 atom stereocenters. The van der Waals surface area contributed by atoms with Crippen LogP contribution in [-0.2, 0) is 19.1 Å². The van der Waals surface area contributed by atoms with Gasteiger partial charge in [-0.25, -0.2) is 0 Å². The van der Waals surface area contributed by atoms with Crippen LogP contribution in [0.3, 0.4) is 0 Å². The molecule has 3 aliphatic rings. The van der Waals surface area contributed by atoms with Crippen LogP contribution in [0.25, 0.3) is 0 Å². The molecule has 0 amide bonds. The van der Waals surface area contributed by atoms with Gasteiger partial charge in [0.05, 0.1) is 25.0 Å². The van der Waals surface area contributed by atoms with Crippen LogP contribution in [0, 0.1) is 23.7 Å². The first-order valence-corrected chi connectivity index (χ1v) is 7.02. The van der Waals surface area contributed by atoms with Gasteiger partial charge in [0.15, 0.2) is 0 Å². The molecule has 0 radical (unpaired) electrons. The average Bonchev–Trinajstić information content (AvgIpc) is 2.39. The predicted octanol–water partition coefficient (Wildman–Crippen LogP) is 2.17. The van der Waals surface area contributed by atoms with E-state index in [1.165, 1.54) is 0 Å². The van der Waals surface area contributed by atoms with E-state index in [-0.39, 0.29) is 23.8 Å². The first kappa shape index (κ1) is 13.4. The van der Waals surface area contributed by atoms with Gasteiger partial charge in [-0.15, -0.1) is 0 Å². The van der Waals surface area contributed by atoms with Crippen LogP contribution in [0.5, 0.6) is 0 Å². The van der Waals surface area contributed by atoms with Crippen LogP contribution >= 0.6 is 0 Å². The molecule has 0 aromatic carbocycles. The molecule has 0 heterocycles. The highest BCUT2D eigenvalue weighted by atomic mass is 16.5. The third-order valence-electron chi connectivity index (χ3n) is 4.34. The zero-order chi connectivity index (χ0) is 13.1. The topological polar surface area (TPSA) is 52.6 Å². The van der Waals surface area contributed by atoms with Crippen LogP contribution in [0.15, 0.2) is 0 Å². The largest absolute Gasteiger partial charge is 0.466 e. The summed E-state index contributed by atoms with van der Waals surface area (Å²) in [6.07, 6.45) is 4.18. The van der Waals surface area contributed by atoms with Crippen LogP contribution in [-0.4, -0.2) is 25.2 Å². The Morgan fingerprint density at radius 1 is 0.833 bits per heavy atom. The summed E-state index contributed by atoms with van der Waals surface area (Å²) < 4.78 is 10.3. The lowest BCUT2D eigenvalue weighted by atomic mass is 9.58. The van der Waals surface area contributed by atoms with Gasteiger partial charge in [0.25, 0.3) is 0 Å². The number of hydrogen-bond acceptors (Lipinski definition) is 4. The third kappa shape index (κ3) is 2.38. The number of hydrogen-bond donors (Lipinski definition) is 0. The summed E-state index contributed by atoms with van der Waals surface area (Å²) in [5.74, 6) is -0.324. The van der Waals surface area contributed by atoms with Crippen molar-refractivity contribution in [2.75, 3.05) is 13.2 Å². The van der Waals surface area contributed by atoms with E-state index in [1.807, 2.05) is 0 Å². The minimum Gasteiger partial charge on any atom is -0.466 e. The zero-order valence-corrected chi connectivity index (χ0v) is 11.2. The lowest BCUT2D eigenvalue weighted by molar-refractivity contribution is -0.172. The number of carbonyl (C=O) groups is 2. The molecule has 3 fully saturated rings. The first-order chi connectivity index (χ1) is 8.69. The minimum absolute atomic E-state index is 0.204. The maximum atomic E-state index is 12.1. The lowest BCUT2D eigenvalue weighted by Gasteiger charge is -2.45. The monoisotopic (exact) mass is 254 g/mol. The molecule has 3 aliphatic carbocycles. The first-order valence-electron chi connectivity index (χ1n) is 7.02. The molecule has 2 bridgehead atoms. The Kier molecular flexibility index (Phi) is 4.25. The van der Waals surface area contributed by atoms with E-state index < -0.39 is 0 Å². The molecule has 102 valence electrons. The average molecular weight is 254 g/mol. The Morgan fingerprint density at radius 3 is 1.44 bits per heavy atom. The van der Waals surface area contributed by atoms with Crippen LogP contribution in [0.2, 0.25) is 0 Å². The maximum absolute atomic E-state index is 12.1. The van der Waals surface area contributed by atoms with E-state index in [0.717, 1.165) is 25.7 Å². The second-order valence-corrected chi connectivity index (χ2v) is 5.23. The van der Waals surface area contributed by atoms with Gasteiger partial charge < -0.3 is 9.47 Å². The molecule has 0 spiro atoms. The van der Waals surface area contributed by atoms with E-state index >= 15 is 0 Å². The number of ether oxygens (including phenoxy) is 2. The number of rotatable bonds is 4. The van der Waals surface area contributed by atoms with Crippen molar-refractivity contribution in [3.05, 3.63) is 0 Å². The van der Waals surface area contributed by atoms with E-state index in [4.69, 9.17) is 9.47 Å². The molecule has 0 aliphatic heterocycles. The van der Waals surface area contributed by atoms with Gasteiger partial charge in [-0.2, -0.15) is 0 Å². The van der Waals surface area contributed by atoms with Crippen molar-refractivity contribution in [1.29, 1.82) is 0 Å². The summed E-state index contributed by atoms with van der Waals surface area (Å²) in [7, 11) is 0. The lowest BCUT2D eigenvalue weighted by Crippen LogP contribution is -2.48. The Morgan fingerprint density at radius 2 is 1.17 bits per heavy atom. The molecule has 4 nitrogen and oxygen atoms in total. The van der Waals surface area contributed by atoms with Gasteiger partial charge in [-0.3, -0.25) is 9.59 Å². The van der Waals surface area contributed by atoms with E-state index in [2.05, 4.69) is 0 Å². The van der Waals surface area contributed by atoms with Crippen molar-refractivity contribution in [2.45, 2.75) is 39.5 Å². The Labute approximate surface area is 108 Å². The fourth-order valence-corrected chi connectivity index (χ4v) is 3.60.